The van der Waals surface area contributed by atoms with Crippen LogP contribution in [-0.4, -0.2) is 23.9 Å². The van der Waals surface area contributed by atoms with E-state index >= 15 is 0 Å². The van der Waals surface area contributed by atoms with E-state index in [9.17, 15) is 5.11 Å². The lowest BCUT2D eigenvalue weighted by Gasteiger charge is -2.32. The van der Waals surface area contributed by atoms with Crippen molar-refractivity contribution in [2.45, 2.75) is 64.6 Å². The second-order valence-corrected chi connectivity index (χ2v) is 4.52. The van der Waals surface area contributed by atoms with Gasteiger partial charge in [0, 0.05) is 13.0 Å². The van der Waals surface area contributed by atoms with Crippen LogP contribution in [0.1, 0.15) is 52.4 Å². The van der Waals surface area contributed by atoms with Crippen molar-refractivity contribution in [2.24, 2.45) is 5.92 Å². The van der Waals surface area contributed by atoms with Crippen molar-refractivity contribution in [1.82, 2.24) is 0 Å². The largest absolute Gasteiger partial charge is 0.389 e. The Morgan fingerprint density at radius 1 is 1.31 bits per heavy atom. The number of ether oxygens (including phenoxy) is 1. The van der Waals surface area contributed by atoms with Crippen LogP contribution in [0.4, 0.5) is 0 Å². The van der Waals surface area contributed by atoms with Crippen LogP contribution in [0.5, 0.6) is 0 Å². The fourth-order valence-corrected chi connectivity index (χ4v) is 2.54. The zero-order valence-electron chi connectivity index (χ0n) is 10.5. The minimum atomic E-state index is -0.421. The highest BCUT2D eigenvalue weighted by Gasteiger charge is 2.29. The van der Waals surface area contributed by atoms with E-state index < -0.39 is 6.10 Å². The highest BCUT2D eigenvalue weighted by molar-refractivity contribution is 4.98. The maximum absolute atomic E-state index is 10.1. The first-order valence-electron chi connectivity index (χ1n) is 6.48. The number of hydrogen-bond acceptors (Lipinski definition) is 2. The van der Waals surface area contributed by atoms with Gasteiger partial charge in [0.2, 0.25) is 0 Å². The second-order valence-electron chi connectivity index (χ2n) is 4.52. The van der Waals surface area contributed by atoms with Crippen molar-refractivity contribution in [2.75, 3.05) is 6.61 Å². The summed E-state index contributed by atoms with van der Waals surface area (Å²) in [6.45, 7) is 4.48. The summed E-state index contributed by atoms with van der Waals surface area (Å²) < 4.78 is 5.72. The predicted molar refractivity (Wildman–Crippen MR) is 66.1 cm³/mol. The first-order chi connectivity index (χ1) is 7.79. The summed E-state index contributed by atoms with van der Waals surface area (Å²) in [4.78, 5) is 0. The van der Waals surface area contributed by atoms with E-state index in [-0.39, 0.29) is 6.10 Å². The standard InChI is InChI=1S/C14H24O2/c1-3-5-11-13(15)14(16-4-2)12-9-7-6-8-10-12/h12-15H,4,6-11H2,1-2H3. The lowest BCUT2D eigenvalue weighted by molar-refractivity contribution is -0.0699. The molecule has 2 atom stereocenters. The Kier molecular flexibility index (Phi) is 6.52. The van der Waals surface area contributed by atoms with Crippen LogP contribution < -0.4 is 0 Å². The van der Waals surface area contributed by atoms with Crippen molar-refractivity contribution in [3.05, 3.63) is 0 Å². The molecule has 1 saturated carbocycles. The van der Waals surface area contributed by atoms with E-state index in [4.69, 9.17) is 4.74 Å². The summed E-state index contributed by atoms with van der Waals surface area (Å²) in [5.41, 5.74) is 0. The Hall–Kier alpha value is -0.520. The van der Waals surface area contributed by atoms with E-state index in [1.807, 2.05) is 13.8 Å². The number of aliphatic hydroxyl groups is 1. The average molecular weight is 224 g/mol. The van der Waals surface area contributed by atoms with Crippen molar-refractivity contribution >= 4 is 0 Å². The zero-order valence-corrected chi connectivity index (χ0v) is 10.5. The van der Waals surface area contributed by atoms with Crippen LogP contribution in [0.2, 0.25) is 0 Å². The van der Waals surface area contributed by atoms with Crippen LogP contribution in [0.25, 0.3) is 0 Å². The average Bonchev–Trinajstić information content (AvgIpc) is 2.34. The molecule has 0 aromatic rings. The van der Waals surface area contributed by atoms with Gasteiger partial charge in [0.1, 0.15) is 0 Å². The molecule has 0 radical (unpaired) electrons. The summed E-state index contributed by atoms with van der Waals surface area (Å²) in [5.74, 6) is 6.31. The lowest BCUT2D eigenvalue weighted by atomic mass is 9.82. The van der Waals surface area contributed by atoms with Gasteiger partial charge in [-0.05, 0) is 32.6 Å². The first kappa shape index (κ1) is 13.5. The van der Waals surface area contributed by atoms with Gasteiger partial charge in [-0.2, -0.15) is 0 Å². The molecule has 1 aliphatic rings. The van der Waals surface area contributed by atoms with E-state index in [1.165, 1.54) is 32.1 Å². The third-order valence-electron chi connectivity index (χ3n) is 3.34. The lowest BCUT2D eigenvalue weighted by Crippen LogP contribution is -2.37. The Labute approximate surface area is 99.4 Å². The fourth-order valence-electron chi connectivity index (χ4n) is 2.54. The van der Waals surface area contributed by atoms with Gasteiger partial charge in [0.15, 0.2) is 0 Å². The van der Waals surface area contributed by atoms with Gasteiger partial charge >= 0.3 is 0 Å². The summed E-state index contributed by atoms with van der Waals surface area (Å²) in [6, 6.07) is 0. The van der Waals surface area contributed by atoms with Crippen LogP contribution in [-0.2, 0) is 4.74 Å². The zero-order chi connectivity index (χ0) is 11.8. The molecule has 2 unspecified atom stereocenters. The van der Waals surface area contributed by atoms with Crippen molar-refractivity contribution in [1.29, 1.82) is 0 Å². The molecule has 16 heavy (non-hydrogen) atoms. The monoisotopic (exact) mass is 224 g/mol. The minimum Gasteiger partial charge on any atom is -0.389 e. The van der Waals surface area contributed by atoms with Gasteiger partial charge in [-0.1, -0.05) is 19.3 Å². The molecule has 0 bridgehead atoms. The SMILES string of the molecule is CC#CCC(O)C(OCC)C1CCCCC1. The molecular formula is C14H24O2. The van der Waals surface area contributed by atoms with Gasteiger partial charge in [0.05, 0.1) is 12.2 Å². The molecule has 0 saturated heterocycles. The van der Waals surface area contributed by atoms with E-state index in [1.54, 1.807) is 0 Å². The van der Waals surface area contributed by atoms with Crippen LogP contribution >= 0.6 is 0 Å². The van der Waals surface area contributed by atoms with Gasteiger partial charge in [-0.15, -0.1) is 11.8 Å². The number of aliphatic hydroxyl groups excluding tert-OH is 1. The normalized spacial score (nSPS) is 20.9. The van der Waals surface area contributed by atoms with Crippen LogP contribution in [0, 0.1) is 17.8 Å². The summed E-state index contributed by atoms with van der Waals surface area (Å²) >= 11 is 0. The molecule has 0 aromatic carbocycles. The fraction of sp³-hybridized carbons (Fsp3) is 0.857. The van der Waals surface area contributed by atoms with Crippen molar-refractivity contribution in [3.63, 3.8) is 0 Å². The third-order valence-corrected chi connectivity index (χ3v) is 3.34. The molecule has 2 heteroatoms. The molecule has 1 N–H and O–H groups in total. The molecule has 0 heterocycles. The Balaban J connectivity index is 2.52. The summed E-state index contributed by atoms with van der Waals surface area (Å²) in [7, 11) is 0. The smallest absolute Gasteiger partial charge is 0.0913 e. The van der Waals surface area contributed by atoms with Gasteiger partial charge < -0.3 is 9.84 Å². The molecule has 2 nitrogen and oxygen atoms in total. The van der Waals surface area contributed by atoms with Gasteiger partial charge in [0.25, 0.3) is 0 Å². The highest BCUT2D eigenvalue weighted by atomic mass is 16.5. The molecule has 0 spiro atoms. The maximum atomic E-state index is 10.1. The maximum Gasteiger partial charge on any atom is 0.0913 e. The summed E-state index contributed by atoms with van der Waals surface area (Å²) in [5, 5.41) is 10.1. The Morgan fingerprint density at radius 3 is 2.56 bits per heavy atom. The predicted octanol–water partition coefficient (Wildman–Crippen LogP) is 2.75. The third kappa shape index (κ3) is 4.15. The molecule has 1 fully saturated rings. The molecular weight excluding hydrogens is 200 g/mol. The number of hydrogen-bond donors (Lipinski definition) is 1. The van der Waals surface area contributed by atoms with E-state index in [0.717, 1.165) is 0 Å². The molecule has 0 aromatic heterocycles. The van der Waals surface area contributed by atoms with Crippen molar-refractivity contribution < 1.29 is 9.84 Å². The minimum absolute atomic E-state index is 0.00819. The van der Waals surface area contributed by atoms with Gasteiger partial charge in [-0.25, -0.2) is 0 Å². The molecule has 92 valence electrons. The van der Waals surface area contributed by atoms with Crippen molar-refractivity contribution in [3.8, 4) is 11.8 Å². The number of rotatable bonds is 5. The highest BCUT2D eigenvalue weighted by Crippen LogP contribution is 2.30. The van der Waals surface area contributed by atoms with E-state index in [0.29, 0.717) is 18.9 Å². The molecule has 0 aliphatic heterocycles. The van der Waals surface area contributed by atoms with E-state index in [2.05, 4.69) is 11.8 Å². The van der Waals surface area contributed by atoms with Gasteiger partial charge in [-0.3, -0.25) is 0 Å². The molecule has 0 amide bonds. The van der Waals surface area contributed by atoms with Crippen LogP contribution in [0.15, 0.2) is 0 Å². The Morgan fingerprint density at radius 2 is 2.00 bits per heavy atom. The Bertz CT molecular complexity index is 233. The molecule has 1 aliphatic carbocycles. The van der Waals surface area contributed by atoms with Crippen LogP contribution in [0.3, 0.4) is 0 Å². The molecule has 1 rings (SSSR count). The first-order valence-corrected chi connectivity index (χ1v) is 6.48. The topological polar surface area (TPSA) is 29.5 Å². The summed E-state index contributed by atoms with van der Waals surface area (Å²) in [6.07, 6.45) is 6.39. The second kappa shape index (κ2) is 7.70. The quantitative estimate of drug-likeness (QED) is 0.728.